The van der Waals surface area contributed by atoms with Crippen LogP contribution in [0.15, 0.2) is 65.3 Å². The van der Waals surface area contributed by atoms with E-state index in [1.165, 1.54) is 0 Å². The number of carbonyl (C=O) groups is 1. The standard InChI is InChI=1S/C25H24BrN5O3S/c26-17-1-3-18(4-2-17)29-25-30-21-15-19(5-6-23(21)35-25)34-20-7-8-27-22(16-20)24(32)28-9-10-31-11-13-33-14-12-31/h1-8,15-16H,9-14H2,(H,28,32)(H,29,30). The largest absolute Gasteiger partial charge is 0.457 e. The molecule has 1 aliphatic heterocycles. The fraction of sp³-hybridized carbons (Fsp3) is 0.240. The zero-order valence-corrected chi connectivity index (χ0v) is 21.3. The Morgan fingerprint density at radius 3 is 2.71 bits per heavy atom. The lowest BCUT2D eigenvalue weighted by molar-refractivity contribution is 0.0383. The first-order valence-corrected chi connectivity index (χ1v) is 12.9. The highest BCUT2D eigenvalue weighted by molar-refractivity contribution is 9.10. The summed E-state index contributed by atoms with van der Waals surface area (Å²) >= 11 is 5.02. The predicted molar refractivity (Wildman–Crippen MR) is 141 cm³/mol. The fourth-order valence-electron chi connectivity index (χ4n) is 3.66. The van der Waals surface area contributed by atoms with Gasteiger partial charge in [0.05, 0.1) is 23.4 Å². The van der Waals surface area contributed by atoms with E-state index in [2.05, 4.69) is 41.4 Å². The summed E-state index contributed by atoms with van der Waals surface area (Å²) < 4.78 is 13.4. The van der Waals surface area contributed by atoms with Crippen molar-refractivity contribution in [1.82, 2.24) is 20.2 Å². The second kappa shape index (κ2) is 11.1. The lowest BCUT2D eigenvalue weighted by Gasteiger charge is -2.26. The first-order valence-electron chi connectivity index (χ1n) is 11.3. The molecule has 0 aliphatic carbocycles. The summed E-state index contributed by atoms with van der Waals surface area (Å²) in [5.74, 6) is 0.964. The quantitative estimate of drug-likeness (QED) is 0.315. The lowest BCUT2D eigenvalue weighted by atomic mass is 10.3. The number of benzene rings is 2. The number of rotatable bonds is 8. The summed E-state index contributed by atoms with van der Waals surface area (Å²) in [6.45, 7) is 4.61. The number of morpholine rings is 1. The molecule has 0 radical (unpaired) electrons. The van der Waals surface area contributed by atoms with Gasteiger partial charge in [-0.2, -0.15) is 0 Å². The fourth-order valence-corrected chi connectivity index (χ4v) is 4.79. The van der Waals surface area contributed by atoms with Crippen molar-refractivity contribution in [2.45, 2.75) is 0 Å². The van der Waals surface area contributed by atoms with Gasteiger partial charge in [0.15, 0.2) is 5.13 Å². The number of hydrogen-bond acceptors (Lipinski definition) is 8. The molecule has 1 fully saturated rings. The summed E-state index contributed by atoms with van der Waals surface area (Å²) in [5, 5.41) is 7.07. The van der Waals surface area contributed by atoms with Gasteiger partial charge in [-0.1, -0.05) is 27.3 Å². The van der Waals surface area contributed by atoms with Crippen molar-refractivity contribution in [1.29, 1.82) is 0 Å². The van der Waals surface area contributed by atoms with Gasteiger partial charge in [0.25, 0.3) is 5.91 Å². The maximum Gasteiger partial charge on any atom is 0.270 e. The van der Waals surface area contributed by atoms with E-state index in [0.29, 0.717) is 23.7 Å². The highest BCUT2D eigenvalue weighted by Crippen LogP contribution is 2.32. The van der Waals surface area contributed by atoms with Gasteiger partial charge in [-0.15, -0.1) is 0 Å². The van der Waals surface area contributed by atoms with Crippen LogP contribution in [0.3, 0.4) is 0 Å². The van der Waals surface area contributed by atoms with Crippen molar-refractivity contribution in [3.05, 3.63) is 71.0 Å². The Morgan fingerprint density at radius 1 is 1.09 bits per heavy atom. The van der Waals surface area contributed by atoms with E-state index >= 15 is 0 Å². The van der Waals surface area contributed by atoms with Gasteiger partial charge in [0.1, 0.15) is 17.2 Å². The van der Waals surface area contributed by atoms with E-state index in [4.69, 9.17) is 9.47 Å². The Kier molecular flexibility index (Phi) is 7.53. The van der Waals surface area contributed by atoms with Crippen LogP contribution in [-0.4, -0.2) is 60.2 Å². The van der Waals surface area contributed by atoms with E-state index in [1.54, 1.807) is 29.7 Å². The average Bonchev–Trinajstić information content (AvgIpc) is 3.28. The third-order valence-electron chi connectivity index (χ3n) is 5.47. The molecule has 1 aliphatic rings. The Hall–Kier alpha value is -3.05. The van der Waals surface area contributed by atoms with Crippen molar-refractivity contribution in [2.24, 2.45) is 0 Å². The van der Waals surface area contributed by atoms with Gasteiger partial charge in [-0.05, 0) is 42.5 Å². The van der Waals surface area contributed by atoms with Crippen molar-refractivity contribution in [2.75, 3.05) is 44.7 Å². The molecular formula is C25H24BrN5O3S. The number of thiazole rings is 1. The third-order valence-corrected chi connectivity index (χ3v) is 6.95. The Bertz CT molecular complexity index is 1310. The molecule has 3 heterocycles. The third kappa shape index (κ3) is 6.34. The molecule has 2 N–H and O–H groups in total. The summed E-state index contributed by atoms with van der Waals surface area (Å²) in [5.41, 5.74) is 2.12. The summed E-state index contributed by atoms with van der Waals surface area (Å²) in [7, 11) is 0. The van der Waals surface area contributed by atoms with E-state index in [1.807, 2.05) is 42.5 Å². The number of ether oxygens (including phenoxy) is 2. The molecule has 4 aromatic rings. The minimum atomic E-state index is -0.220. The Balaban J connectivity index is 1.21. The van der Waals surface area contributed by atoms with Gasteiger partial charge in [-0.25, -0.2) is 4.98 Å². The molecule has 0 bridgehead atoms. The number of hydrogen-bond donors (Lipinski definition) is 2. The molecule has 2 aromatic heterocycles. The first kappa shape index (κ1) is 23.7. The molecule has 8 nitrogen and oxygen atoms in total. The number of anilines is 2. The molecule has 1 amide bonds. The van der Waals surface area contributed by atoms with E-state index < -0.39 is 0 Å². The highest BCUT2D eigenvalue weighted by Gasteiger charge is 2.13. The SMILES string of the molecule is O=C(NCCN1CCOCC1)c1cc(Oc2ccc3sc(Nc4ccc(Br)cc4)nc3c2)ccn1. The van der Waals surface area contributed by atoms with Crippen LogP contribution in [0.5, 0.6) is 11.5 Å². The van der Waals surface area contributed by atoms with Gasteiger partial charge in [0.2, 0.25) is 0 Å². The van der Waals surface area contributed by atoms with Crippen LogP contribution < -0.4 is 15.4 Å². The smallest absolute Gasteiger partial charge is 0.270 e. The minimum Gasteiger partial charge on any atom is -0.457 e. The summed E-state index contributed by atoms with van der Waals surface area (Å²) in [6.07, 6.45) is 1.58. The van der Waals surface area contributed by atoms with E-state index in [-0.39, 0.29) is 5.91 Å². The first-order chi connectivity index (χ1) is 17.1. The lowest BCUT2D eigenvalue weighted by Crippen LogP contribution is -2.41. The molecule has 180 valence electrons. The number of pyridine rings is 1. The van der Waals surface area contributed by atoms with Crippen LogP contribution in [-0.2, 0) is 4.74 Å². The van der Waals surface area contributed by atoms with Gasteiger partial charge < -0.3 is 20.1 Å². The molecule has 0 spiro atoms. The van der Waals surface area contributed by atoms with Gasteiger partial charge in [0, 0.05) is 54.7 Å². The molecule has 35 heavy (non-hydrogen) atoms. The van der Waals surface area contributed by atoms with Crippen molar-refractivity contribution in [3.63, 3.8) is 0 Å². The van der Waals surface area contributed by atoms with E-state index in [0.717, 1.165) is 58.4 Å². The van der Waals surface area contributed by atoms with Crippen molar-refractivity contribution >= 4 is 54.2 Å². The Morgan fingerprint density at radius 2 is 1.89 bits per heavy atom. The molecule has 5 rings (SSSR count). The van der Waals surface area contributed by atoms with Crippen LogP contribution in [0.25, 0.3) is 10.2 Å². The highest BCUT2D eigenvalue weighted by atomic mass is 79.9. The van der Waals surface area contributed by atoms with Crippen LogP contribution in [0.1, 0.15) is 10.5 Å². The number of nitrogens with zero attached hydrogens (tertiary/aromatic N) is 3. The van der Waals surface area contributed by atoms with Gasteiger partial charge >= 0.3 is 0 Å². The number of nitrogens with one attached hydrogen (secondary N) is 2. The van der Waals surface area contributed by atoms with Crippen LogP contribution >= 0.6 is 27.3 Å². The average molecular weight is 554 g/mol. The van der Waals surface area contributed by atoms with Crippen molar-refractivity contribution < 1.29 is 14.3 Å². The second-order valence-electron chi connectivity index (χ2n) is 7.97. The minimum absolute atomic E-state index is 0.220. The summed E-state index contributed by atoms with van der Waals surface area (Å²) in [6, 6.07) is 17.1. The normalized spacial score (nSPS) is 14.1. The molecular weight excluding hydrogens is 530 g/mol. The van der Waals surface area contributed by atoms with Crippen LogP contribution in [0.2, 0.25) is 0 Å². The van der Waals surface area contributed by atoms with E-state index in [9.17, 15) is 4.79 Å². The molecule has 10 heteroatoms. The number of carbonyl (C=O) groups excluding carboxylic acids is 1. The number of fused-ring (bicyclic) bond motifs is 1. The second-order valence-corrected chi connectivity index (χ2v) is 9.92. The zero-order valence-electron chi connectivity index (χ0n) is 18.9. The summed E-state index contributed by atoms with van der Waals surface area (Å²) in [4.78, 5) is 23.7. The maximum absolute atomic E-state index is 12.5. The Labute approximate surface area is 215 Å². The zero-order chi connectivity index (χ0) is 24.0. The van der Waals surface area contributed by atoms with Gasteiger partial charge in [-0.3, -0.25) is 14.7 Å². The maximum atomic E-state index is 12.5. The number of aromatic nitrogens is 2. The molecule has 0 atom stereocenters. The number of halogens is 1. The van der Waals surface area contributed by atoms with Crippen LogP contribution in [0.4, 0.5) is 10.8 Å². The van der Waals surface area contributed by atoms with Crippen molar-refractivity contribution in [3.8, 4) is 11.5 Å². The number of amides is 1. The predicted octanol–water partition coefficient (Wildman–Crippen LogP) is 5.05. The topological polar surface area (TPSA) is 88.6 Å². The van der Waals surface area contributed by atoms with Crippen LogP contribution in [0, 0.1) is 0 Å². The monoisotopic (exact) mass is 553 g/mol. The molecule has 0 saturated carbocycles. The molecule has 2 aromatic carbocycles. The molecule has 1 saturated heterocycles. The molecule has 0 unspecified atom stereocenters.